The Morgan fingerprint density at radius 2 is 1.71 bits per heavy atom. The van der Waals surface area contributed by atoms with Crippen molar-refractivity contribution in [1.82, 2.24) is 5.32 Å². The summed E-state index contributed by atoms with van der Waals surface area (Å²) in [5.41, 5.74) is 1.43. The fourth-order valence-corrected chi connectivity index (χ4v) is 5.00. The first-order chi connectivity index (χ1) is 18.4. The lowest BCUT2D eigenvalue weighted by Gasteiger charge is -2.27. The summed E-state index contributed by atoms with van der Waals surface area (Å²) < 4.78 is 12.3. The highest BCUT2D eigenvalue weighted by Gasteiger charge is 2.37. The van der Waals surface area contributed by atoms with E-state index in [0.29, 0.717) is 28.1 Å². The minimum absolute atomic E-state index is 0.172. The molecule has 1 heterocycles. The molecule has 0 spiro atoms. The Kier molecular flexibility index (Phi) is 7.18. The van der Waals surface area contributed by atoms with Gasteiger partial charge in [0.05, 0.1) is 22.3 Å². The van der Waals surface area contributed by atoms with Gasteiger partial charge in [0.2, 0.25) is 0 Å². The van der Waals surface area contributed by atoms with Crippen LogP contribution >= 0.6 is 27.5 Å². The number of carbonyl (C=O) groups excluding carboxylic acids is 3. The van der Waals surface area contributed by atoms with Crippen molar-refractivity contribution in [3.63, 3.8) is 0 Å². The zero-order chi connectivity index (χ0) is 26.8. The summed E-state index contributed by atoms with van der Waals surface area (Å²) in [5, 5.41) is 4.59. The maximum atomic E-state index is 13.2. The van der Waals surface area contributed by atoms with E-state index in [-0.39, 0.29) is 16.3 Å². The molecule has 0 unspecified atom stereocenters. The predicted molar refractivity (Wildman–Crippen MR) is 149 cm³/mol. The molecule has 0 aliphatic carbocycles. The first-order valence-electron chi connectivity index (χ1n) is 11.5. The highest BCUT2D eigenvalue weighted by atomic mass is 79.9. The van der Waals surface area contributed by atoms with E-state index >= 15 is 0 Å². The molecule has 5 rings (SSSR count). The van der Waals surface area contributed by atoms with E-state index in [1.165, 1.54) is 19.3 Å². The molecular weight excluding hydrogens is 572 g/mol. The van der Waals surface area contributed by atoms with Crippen LogP contribution in [0.15, 0.2) is 88.9 Å². The molecule has 1 saturated heterocycles. The number of nitrogens with zero attached hydrogens (tertiary/aromatic N) is 1. The Bertz CT molecular complexity index is 1630. The van der Waals surface area contributed by atoms with Gasteiger partial charge in [0.25, 0.3) is 11.8 Å². The summed E-state index contributed by atoms with van der Waals surface area (Å²) in [6.07, 6.45) is 1.38. The highest BCUT2D eigenvalue weighted by molar-refractivity contribution is 9.10. The van der Waals surface area contributed by atoms with Crippen LogP contribution in [-0.4, -0.2) is 25.0 Å². The van der Waals surface area contributed by atoms with E-state index in [2.05, 4.69) is 21.2 Å². The van der Waals surface area contributed by atoms with Gasteiger partial charge in [-0.2, -0.15) is 0 Å². The quantitative estimate of drug-likeness (QED) is 0.204. The number of nitrogens with one attached hydrogen (secondary N) is 1. The number of benzene rings is 4. The Hall–Kier alpha value is -4.14. The van der Waals surface area contributed by atoms with Crippen LogP contribution < -0.4 is 19.7 Å². The summed E-state index contributed by atoms with van der Waals surface area (Å²) in [6, 6.07) is 22.9. The van der Waals surface area contributed by atoms with Gasteiger partial charge in [0, 0.05) is 0 Å². The summed E-state index contributed by atoms with van der Waals surface area (Å²) in [5.74, 6) is -0.739. The first kappa shape index (κ1) is 25.5. The van der Waals surface area contributed by atoms with Gasteiger partial charge < -0.3 is 9.47 Å². The Morgan fingerprint density at radius 3 is 2.50 bits per heavy atom. The molecule has 1 fully saturated rings. The van der Waals surface area contributed by atoms with E-state index in [1.54, 1.807) is 30.3 Å². The van der Waals surface area contributed by atoms with Crippen molar-refractivity contribution in [3.05, 3.63) is 105 Å². The van der Waals surface area contributed by atoms with Crippen LogP contribution in [0.5, 0.6) is 11.5 Å². The number of para-hydroxylation sites is 1. The summed E-state index contributed by atoms with van der Waals surface area (Å²) in [6.45, 7) is 0.298. The molecule has 4 aromatic rings. The maximum absolute atomic E-state index is 13.2. The molecule has 190 valence electrons. The largest absolute Gasteiger partial charge is 0.493 e. The van der Waals surface area contributed by atoms with Crippen LogP contribution in [0.2, 0.25) is 5.02 Å². The van der Waals surface area contributed by atoms with Gasteiger partial charge in [-0.25, -0.2) is 9.69 Å². The lowest BCUT2D eigenvalue weighted by Crippen LogP contribution is -2.54. The molecule has 1 aliphatic rings. The van der Waals surface area contributed by atoms with Gasteiger partial charge in [0.15, 0.2) is 11.5 Å². The molecule has 7 nitrogen and oxygen atoms in total. The number of urea groups is 1. The number of rotatable bonds is 6. The fourth-order valence-electron chi connectivity index (χ4n) is 4.21. The molecule has 1 aliphatic heterocycles. The lowest BCUT2D eigenvalue weighted by atomic mass is 10.1. The van der Waals surface area contributed by atoms with Crippen molar-refractivity contribution in [2.75, 3.05) is 12.0 Å². The Balaban J connectivity index is 1.45. The number of hydrogen-bond acceptors (Lipinski definition) is 5. The van der Waals surface area contributed by atoms with Crippen molar-refractivity contribution in [2.24, 2.45) is 0 Å². The van der Waals surface area contributed by atoms with Crippen LogP contribution in [-0.2, 0) is 16.2 Å². The Labute approximate surface area is 231 Å². The third kappa shape index (κ3) is 4.88. The van der Waals surface area contributed by atoms with Crippen LogP contribution in [0.25, 0.3) is 16.8 Å². The van der Waals surface area contributed by atoms with Crippen molar-refractivity contribution >= 4 is 67.9 Å². The van der Waals surface area contributed by atoms with Gasteiger partial charge in [-0.15, -0.1) is 0 Å². The number of ether oxygens (including phenoxy) is 2. The van der Waals surface area contributed by atoms with Crippen LogP contribution in [0, 0.1) is 0 Å². The van der Waals surface area contributed by atoms with Gasteiger partial charge >= 0.3 is 6.03 Å². The second-order valence-electron chi connectivity index (χ2n) is 8.37. The number of fused-ring (bicyclic) bond motifs is 1. The summed E-state index contributed by atoms with van der Waals surface area (Å²) >= 11 is 9.72. The Morgan fingerprint density at radius 1 is 0.974 bits per heavy atom. The van der Waals surface area contributed by atoms with E-state index < -0.39 is 17.8 Å². The number of imide groups is 2. The highest BCUT2D eigenvalue weighted by Crippen LogP contribution is 2.38. The number of carbonyl (C=O) groups is 3. The molecule has 0 atom stereocenters. The van der Waals surface area contributed by atoms with Gasteiger partial charge in [0.1, 0.15) is 12.2 Å². The van der Waals surface area contributed by atoms with Crippen molar-refractivity contribution in [1.29, 1.82) is 0 Å². The van der Waals surface area contributed by atoms with E-state index in [0.717, 1.165) is 21.2 Å². The fraction of sp³-hybridized carbons (Fsp3) is 0.0690. The predicted octanol–water partition coefficient (Wildman–Crippen LogP) is 6.51. The van der Waals surface area contributed by atoms with Crippen molar-refractivity contribution < 1.29 is 23.9 Å². The number of methoxy groups -OCH3 is 1. The van der Waals surface area contributed by atoms with Crippen LogP contribution in [0.3, 0.4) is 0 Å². The smallest absolute Gasteiger partial charge is 0.335 e. The van der Waals surface area contributed by atoms with E-state index in [9.17, 15) is 14.4 Å². The minimum atomic E-state index is -0.874. The molecule has 1 N–H and O–H groups in total. The third-order valence-electron chi connectivity index (χ3n) is 6.01. The molecule has 0 aromatic heterocycles. The average Bonchev–Trinajstić information content (AvgIpc) is 2.91. The lowest BCUT2D eigenvalue weighted by molar-refractivity contribution is -0.122. The molecule has 0 bridgehead atoms. The van der Waals surface area contributed by atoms with Gasteiger partial charge in [-0.3, -0.25) is 14.9 Å². The SMILES string of the molecule is COc1cc(/C=C2\C(=O)NC(=O)N(c3ccccc3Cl)C2=O)cc(Br)c1OCc1cccc2ccccc12. The van der Waals surface area contributed by atoms with Crippen molar-refractivity contribution in [3.8, 4) is 11.5 Å². The normalized spacial score (nSPS) is 14.7. The monoisotopic (exact) mass is 590 g/mol. The van der Waals surface area contributed by atoms with Gasteiger partial charge in [-0.1, -0.05) is 66.2 Å². The molecule has 38 heavy (non-hydrogen) atoms. The van der Waals surface area contributed by atoms with Gasteiger partial charge in [-0.05, 0) is 68.2 Å². The van der Waals surface area contributed by atoms with Crippen molar-refractivity contribution in [2.45, 2.75) is 6.61 Å². The standard InChI is InChI=1S/C29H20BrClN2O5/c1-37-25-15-17(13-21-27(34)32-29(36)33(28(21)35)24-12-5-4-11-23(24)31)14-22(30)26(25)38-16-19-9-6-8-18-7-2-3-10-20(18)19/h2-15H,16H2,1H3,(H,32,34,36)/b21-13+. The van der Waals surface area contributed by atoms with E-state index in [1.807, 2.05) is 42.5 Å². The van der Waals surface area contributed by atoms with Crippen LogP contribution in [0.1, 0.15) is 11.1 Å². The van der Waals surface area contributed by atoms with E-state index in [4.69, 9.17) is 21.1 Å². The summed E-state index contributed by atoms with van der Waals surface area (Å²) in [4.78, 5) is 39.1. The minimum Gasteiger partial charge on any atom is -0.493 e. The molecular formula is C29H20BrClN2O5. The zero-order valence-electron chi connectivity index (χ0n) is 20.0. The second-order valence-corrected chi connectivity index (χ2v) is 9.63. The number of halogens is 2. The first-order valence-corrected chi connectivity index (χ1v) is 12.7. The topological polar surface area (TPSA) is 84.9 Å². The second kappa shape index (κ2) is 10.7. The number of hydrogen-bond donors (Lipinski definition) is 1. The third-order valence-corrected chi connectivity index (χ3v) is 6.92. The summed E-state index contributed by atoms with van der Waals surface area (Å²) in [7, 11) is 1.50. The number of barbiturate groups is 1. The molecule has 4 amide bonds. The molecule has 0 saturated carbocycles. The molecule has 9 heteroatoms. The number of anilines is 1. The number of amides is 4. The molecule has 0 radical (unpaired) electrons. The van der Waals surface area contributed by atoms with Crippen LogP contribution in [0.4, 0.5) is 10.5 Å². The molecule has 4 aromatic carbocycles. The zero-order valence-corrected chi connectivity index (χ0v) is 22.4. The maximum Gasteiger partial charge on any atom is 0.335 e. The average molecular weight is 592 g/mol.